The minimum absolute atomic E-state index is 0.719. The molecular formula is C11H23N5O. The van der Waals surface area contributed by atoms with Crippen molar-refractivity contribution >= 4 is 0 Å². The molecule has 0 aliphatic rings. The van der Waals surface area contributed by atoms with Crippen LogP contribution in [0.2, 0.25) is 0 Å². The summed E-state index contributed by atoms with van der Waals surface area (Å²) < 4.78 is 6.85. The molecule has 1 rings (SSSR count). The van der Waals surface area contributed by atoms with Crippen LogP contribution < -0.4 is 5.32 Å². The fourth-order valence-electron chi connectivity index (χ4n) is 1.47. The zero-order valence-electron chi connectivity index (χ0n) is 11.0. The molecule has 0 amide bonds. The van der Waals surface area contributed by atoms with Crippen LogP contribution in [0.5, 0.6) is 0 Å². The first-order chi connectivity index (χ1) is 8.22. The minimum Gasteiger partial charge on any atom is -0.383 e. The summed E-state index contributed by atoms with van der Waals surface area (Å²) in [6.45, 7) is 4.29. The molecule has 1 N–H and O–H groups in total. The van der Waals surface area contributed by atoms with E-state index in [-0.39, 0.29) is 0 Å². The summed E-state index contributed by atoms with van der Waals surface area (Å²) in [7, 11) is 5.85. The summed E-state index contributed by atoms with van der Waals surface area (Å²) in [5, 5.41) is 11.4. The molecule has 0 aromatic carbocycles. The number of hydrogen-bond donors (Lipinski definition) is 1. The first kappa shape index (κ1) is 14.1. The Morgan fingerprint density at radius 2 is 2.29 bits per heavy atom. The lowest BCUT2D eigenvalue weighted by Gasteiger charge is -2.08. The van der Waals surface area contributed by atoms with E-state index in [1.807, 2.05) is 10.9 Å². The van der Waals surface area contributed by atoms with Gasteiger partial charge >= 0.3 is 0 Å². The molecule has 0 radical (unpaired) electrons. The standard InChI is InChI=1S/C11H23N5O/c1-15(2)6-4-7-16-10-11(13-14-16)9-12-5-8-17-3/h10,12H,4-9H2,1-3H3. The fraction of sp³-hybridized carbons (Fsp3) is 0.818. The van der Waals surface area contributed by atoms with E-state index in [0.29, 0.717) is 0 Å². The zero-order chi connectivity index (χ0) is 12.5. The maximum Gasteiger partial charge on any atom is 0.0964 e. The van der Waals surface area contributed by atoms with Crippen LogP contribution in [0.25, 0.3) is 0 Å². The van der Waals surface area contributed by atoms with E-state index >= 15 is 0 Å². The zero-order valence-corrected chi connectivity index (χ0v) is 11.0. The van der Waals surface area contributed by atoms with Crippen molar-refractivity contribution in [3.8, 4) is 0 Å². The highest BCUT2D eigenvalue weighted by Gasteiger charge is 2.00. The number of rotatable bonds is 9. The molecule has 98 valence electrons. The molecule has 6 heteroatoms. The number of aromatic nitrogens is 3. The van der Waals surface area contributed by atoms with E-state index in [1.54, 1.807) is 7.11 Å². The number of hydrogen-bond acceptors (Lipinski definition) is 5. The summed E-state index contributed by atoms with van der Waals surface area (Å²) >= 11 is 0. The van der Waals surface area contributed by atoms with Crippen molar-refractivity contribution in [1.82, 2.24) is 25.2 Å². The lowest BCUT2D eigenvalue weighted by Crippen LogP contribution is -2.18. The van der Waals surface area contributed by atoms with Crippen molar-refractivity contribution < 1.29 is 4.74 Å². The third kappa shape index (κ3) is 6.35. The van der Waals surface area contributed by atoms with Crippen LogP contribution >= 0.6 is 0 Å². The molecule has 1 aromatic heterocycles. The molecule has 1 heterocycles. The van der Waals surface area contributed by atoms with E-state index in [0.717, 1.165) is 44.9 Å². The molecule has 0 fully saturated rings. The molecule has 6 nitrogen and oxygen atoms in total. The van der Waals surface area contributed by atoms with Gasteiger partial charge in [-0.3, -0.25) is 4.68 Å². The van der Waals surface area contributed by atoms with Gasteiger partial charge in [0, 0.05) is 32.9 Å². The molecule has 1 aromatic rings. The summed E-state index contributed by atoms with van der Waals surface area (Å²) in [4.78, 5) is 2.17. The Balaban J connectivity index is 2.18. The van der Waals surface area contributed by atoms with Crippen molar-refractivity contribution in [1.29, 1.82) is 0 Å². The Labute approximate surface area is 103 Å². The van der Waals surface area contributed by atoms with Gasteiger partial charge in [0.05, 0.1) is 12.3 Å². The summed E-state index contributed by atoms with van der Waals surface area (Å²) in [5.41, 5.74) is 0.978. The predicted molar refractivity (Wildman–Crippen MR) is 66.8 cm³/mol. The van der Waals surface area contributed by atoms with Gasteiger partial charge in [0.25, 0.3) is 0 Å². The van der Waals surface area contributed by atoms with Crippen LogP contribution in [0, 0.1) is 0 Å². The second-order valence-electron chi connectivity index (χ2n) is 4.30. The maximum absolute atomic E-state index is 4.95. The molecule has 0 bridgehead atoms. The van der Waals surface area contributed by atoms with Crippen LogP contribution in [0.4, 0.5) is 0 Å². The van der Waals surface area contributed by atoms with E-state index in [9.17, 15) is 0 Å². The number of aryl methyl sites for hydroxylation is 1. The van der Waals surface area contributed by atoms with Crippen molar-refractivity contribution in [3.05, 3.63) is 11.9 Å². The average molecular weight is 241 g/mol. The molecular weight excluding hydrogens is 218 g/mol. The van der Waals surface area contributed by atoms with E-state index in [1.165, 1.54) is 0 Å². The summed E-state index contributed by atoms with van der Waals surface area (Å²) in [5.74, 6) is 0. The monoisotopic (exact) mass is 241 g/mol. The van der Waals surface area contributed by atoms with Gasteiger partial charge in [-0.15, -0.1) is 5.10 Å². The van der Waals surface area contributed by atoms with E-state index in [4.69, 9.17) is 4.74 Å². The van der Waals surface area contributed by atoms with Gasteiger partial charge < -0.3 is 15.0 Å². The molecule has 0 spiro atoms. The molecule has 0 aliphatic heterocycles. The predicted octanol–water partition coefficient (Wildman–Crippen LogP) is -0.0342. The highest BCUT2D eigenvalue weighted by atomic mass is 16.5. The third-order valence-electron chi connectivity index (χ3n) is 2.37. The number of nitrogens with zero attached hydrogens (tertiary/aromatic N) is 4. The van der Waals surface area contributed by atoms with Crippen LogP contribution in [-0.4, -0.2) is 60.8 Å². The van der Waals surface area contributed by atoms with Crippen molar-refractivity contribution in [2.45, 2.75) is 19.5 Å². The Kier molecular flexibility index (Phi) is 6.76. The molecule has 0 saturated carbocycles. The van der Waals surface area contributed by atoms with Gasteiger partial charge in [0.15, 0.2) is 0 Å². The van der Waals surface area contributed by atoms with Crippen molar-refractivity contribution in [2.24, 2.45) is 0 Å². The SMILES string of the molecule is COCCNCc1cn(CCCN(C)C)nn1. The highest BCUT2D eigenvalue weighted by molar-refractivity contribution is 4.91. The molecule has 0 saturated heterocycles. The number of nitrogens with one attached hydrogen (secondary N) is 1. The lowest BCUT2D eigenvalue weighted by atomic mass is 10.4. The smallest absolute Gasteiger partial charge is 0.0964 e. The Bertz CT molecular complexity index is 300. The van der Waals surface area contributed by atoms with E-state index in [2.05, 4.69) is 34.6 Å². The first-order valence-corrected chi connectivity index (χ1v) is 5.95. The van der Waals surface area contributed by atoms with Gasteiger partial charge in [-0.05, 0) is 27.1 Å². The maximum atomic E-state index is 4.95. The number of methoxy groups -OCH3 is 1. The Morgan fingerprint density at radius 1 is 1.47 bits per heavy atom. The fourth-order valence-corrected chi connectivity index (χ4v) is 1.47. The Hall–Kier alpha value is -0.980. The van der Waals surface area contributed by atoms with Crippen molar-refractivity contribution in [3.63, 3.8) is 0 Å². The Morgan fingerprint density at radius 3 is 3.00 bits per heavy atom. The summed E-state index contributed by atoms with van der Waals surface area (Å²) in [6.07, 6.45) is 3.09. The normalized spacial score (nSPS) is 11.3. The molecule has 0 atom stereocenters. The highest BCUT2D eigenvalue weighted by Crippen LogP contribution is 1.95. The molecule has 17 heavy (non-hydrogen) atoms. The van der Waals surface area contributed by atoms with Gasteiger partial charge in [-0.25, -0.2) is 0 Å². The minimum atomic E-state index is 0.719. The first-order valence-electron chi connectivity index (χ1n) is 5.95. The van der Waals surface area contributed by atoms with E-state index < -0.39 is 0 Å². The quantitative estimate of drug-likeness (QED) is 0.615. The van der Waals surface area contributed by atoms with Crippen LogP contribution in [0.3, 0.4) is 0 Å². The van der Waals surface area contributed by atoms with Gasteiger partial charge in [-0.2, -0.15) is 0 Å². The second kappa shape index (κ2) is 8.16. The van der Waals surface area contributed by atoms with Crippen LogP contribution in [0.1, 0.15) is 12.1 Å². The molecule has 0 unspecified atom stereocenters. The van der Waals surface area contributed by atoms with Crippen LogP contribution in [-0.2, 0) is 17.8 Å². The molecule has 0 aliphatic carbocycles. The third-order valence-corrected chi connectivity index (χ3v) is 2.37. The topological polar surface area (TPSA) is 55.2 Å². The van der Waals surface area contributed by atoms with Crippen molar-refractivity contribution in [2.75, 3.05) is 40.9 Å². The average Bonchev–Trinajstić information content (AvgIpc) is 2.72. The lowest BCUT2D eigenvalue weighted by molar-refractivity contribution is 0.199. The largest absolute Gasteiger partial charge is 0.383 e. The van der Waals surface area contributed by atoms with Gasteiger partial charge in [0.1, 0.15) is 0 Å². The summed E-state index contributed by atoms with van der Waals surface area (Å²) in [6, 6.07) is 0. The van der Waals surface area contributed by atoms with Gasteiger partial charge in [-0.1, -0.05) is 5.21 Å². The second-order valence-corrected chi connectivity index (χ2v) is 4.30. The number of ether oxygens (including phenoxy) is 1. The van der Waals surface area contributed by atoms with Gasteiger partial charge in [0.2, 0.25) is 0 Å². The van der Waals surface area contributed by atoms with Crippen LogP contribution in [0.15, 0.2) is 6.20 Å².